The molecule has 1 amide bonds. The summed E-state index contributed by atoms with van der Waals surface area (Å²) in [4.78, 5) is 19.2. The number of imidazole rings is 1. The van der Waals surface area contributed by atoms with Gasteiger partial charge in [0.05, 0.1) is 17.2 Å². The number of aromatic nitrogens is 4. The van der Waals surface area contributed by atoms with Gasteiger partial charge in [-0.3, -0.25) is 9.48 Å². The van der Waals surface area contributed by atoms with Crippen LogP contribution in [0.15, 0.2) is 30.6 Å². The molecule has 3 unspecified atom stereocenters. The number of aliphatic hydroxyl groups is 1. The van der Waals surface area contributed by atoms with Crippen LogP contribution in [0.5, 0.6) is 0 Å². The van der Waals surface area contributed by atoms with Crippen LogP contribution in [0.3, 0.4) is 0 Å². The highest BCUT2D eigenvalue weighted by Gasteiger charge is 2.39. The Hall–Kier alpha value is -2.92. The van der Waals surface area contributed by atoms with E-state index in [1.54, 1.807) is 23.9 Å². The van der Waals surface area contributed by atoms with Crippen LogP contribution in [0.25, 0.3) is 11.0 Å². The summed E-state index contributed by atoms with van der Waals surface area (Å²) in [5, 5.41) is 16.3. The van der Waals surface area contributed by atoms with Crippen LogP contribution in [0.4, 0.5) is 18.9 Å². The molecular formula is C23H29F3N6O2. The Labute approximate surface area is 195 Å². The standard InChI is InChI=1S/C23H29F3N6O2/c1-14(7-9-33)32-20-5-4-16(10-19(20)29-22(32)23(24,25)26)28-21(34)17-6-8-30(2)13-18(17)15-11-27-31(3)12-15/h4-5,10-12,14,17-18,33H,6-9,13H2,1-3H3,(H,28,34). The molecule has 184 valence electrons. The van der Waals surface area contributed by atoms with Crippen molar-refractivity contribution in [1.82, 2.24) is 24.2 Å². The van der Waals surface area contributed by atoms with E-state index in [1.807, 2.05) is 20.3 Å². The second-order valence-electron chi connectivity index (χ2n) is 9.07. The third-order valence-corrected chi connectivity index (χ3v) is 6.50. The van der Waals surface area contributed by atoms with E-state index < -0.39 is 18.0 Å². The van der Waals surface area contributed by atoms with Gasteiger partial charge in [-0.2, -0.15) is 18.3 Å². The fourth-order valence-electron chi connectivity index (χ4n) is 4.77. The Morgan fingerprint density at radius 3 is 2.74 bits per heavy atom. The van der Waals surface area contributed by atoms with Gasteiger partial charge in [-0.1, -0.05) is 0 Å². The highest BCUT2D eigenvalue weighted by Crippen LogP contribution is 2.36. The van der Waals surface area contributed by atoms with Crippen molar-refractivity contribution >= 4 is 22.6 Å². The highest BCUT2D eigenvalue weighted by atomic mass is 19.4. The first kappa shape index (κ1) is 24.2. The third kappa shape index (κ3) is 4.80. The van der Waals surface area contributed by atoms with Gasteiger partial charge < -0.3 is 19.9 Å². The molecular weight excluding hydrogens is 449 g/mol. The Morgan fingerprint density at radius 1 is 1.32 bits per heavy atom. The molecule has 3 atom stereocenters. The quantitative estimate of drug-likeness (QED) is 0.567. The highest BCUT2D eigenvalue weighted by molar-refractivity contribution is 5.95. The number of hydrogen-bond acceptors (Lipinski definition) is 5. The summed E-state index contributed by atoms with van der Waals surface area (Å²) in [6.07, 6.45) is -0.129. The van der Waals surface area contributed by atoms with E-state index in [9.17, 15) is 23.1 Å². The summed E-state index contributed by atoms with van der Waals surface area (Å²) in [6.45, 7) is 2.86. The van der Waals surface area contributed by atoms with Crippen molar-refractivity contribution < 1.29 is 23.1 Å². The summed E-state index contributed by atoms with van der Waals surface area (Å²) in [5.74, 6) is -1.51. The van der Waals surface area contributed by atoms with Crippen molar-refractivity contribution in [1.29, 1.82) is 0 Å². The average Bonchev–Trinajstić information content (AvgIpc) is 3.37. The first-order valence-electron chi connectivity index (χ1n) is 11.3. The van der Waals surface area contributed by atoms with Crippen LogP contribution >= 0.6 is 0 Å². The van der Waals surface area contributed by atoms with Crippen molar-refractivity contribution in [3.05, 3.63) is 42.0 Å². The molecule has 1 aliphatic heterocycles. The van der Waals surface area contributed by atoms with Crippen molar-refractivity contribution in [2.45, 2.75) is 37.9 Å². The molecule has 2 N–H and O–H groups in total. The lowest BCUT2D eigenvalue weighted by atomic mass is 9.81. The van der Waals surface area contributed by atoms with Gasteiger partial charge in [-0.05, 0) is 57.1 Å². The van der Waals surface area contributed by atoms with E-state index in [0.717, 1.165) is 16.7 Å². The second kappa shape index (κ2) is 9.38. The molecule has 8 nitrogen and oxygen atoms in total. The summed E-state index contributed by atoms with van der Waals surface area (Å²) in [6, 6.07) is 4.01. The maximum Gasteiger partial charge on any atom is 0.449 e. The predicted octanol–water partition coefficient (Wildman–Crippen LogP) is 3.41. The zero-order valence-corrected chi connectivity index (χ0v) is 19.4. The van der Waals surface area contributed by atoms with Crippen molar-refractivity contribution in [2.75, 3.05) is 32.1 Å². The van der Waals surface area contributed by atoms with E-state index in [2.05, 4.69) is 20.3 Å². The number of anilines is 1. The molecule has 0 radical (unpaired) electrons. The summed E-state index contributed by atoms with van der Waals surface area (Å²) in [5.41, 5.74) is 1.83. The first-order chi connectivity index (χ1) is 16.1. The zero-order chi connectivity index (χ0) is 24.6. The van der Waals surface area contributed by atoms with Crippen LogP contribution in [0, 0.1) is 5.92 Å². The molecule has 4 rings (SSSR count). The summed E-state index contributed by atoms with van der Waals surface area (Å²) < 4.78 is 43.8. The van der Waals surface area contributed by atoms with E-state index >= 15 is 0 Å². The fourth-order valence-corrected chi connectivity index (χ4v) is 4.77. The molecule has 3 heterocycles. The monoisotopic (exact) mass is 478 g/mol. The molecule has 11 heteroatoms. The van der Waals surface area contributed by atoms with Gasteiger partial charge in [0.1, 0.15) is 0 Å². The van der Waals surface area contributed by atoms with Crippen molar-refractivity contribution in [2.24, 2.45) is 13.0 Å². The number of halogens is 3. The topological polar surface area (TPSA) is 88.2 Å². The van der Waals surface area contributed by atoms with Crippen molar-refractivity contribution in [3.63, 3.8) is 0 Å². The number of fused-ring (bicyclic) bond motifs is 1. The second-order valence-corrected chi connectivity index (χ2v) is 9.07. The lowest BCUT2D eigenvalue weighted by molar-refractivity contribution is -0.147. The number of aliphatic hydroxyl groups excluding tert-OH is 1. The Balaban J connectivity index is 1.62. The number of nitrogens with one attached hydrogen (secondary N) is 1. The van der Waals surface area contributed by atoms with Gasteiger partial charge in [0.2, 0.25) is 11.7 Å². The van der Waals surface area contributed by atoms with Crippen LogP contribution in [-0.4, -0.2) is 62.0 Å². The Morgan fingerprint density at radius 2 is 2.09 bits per heavy atom. The van der Waals surface area contributed by atoms with Crippen LogP contribution in [-0.2, 0) is 18.0 Å². The number of alkyl halides is 3. The smallest absolute Gasteiger partial charge is 0.396 e. The molecule has 2 aromatic heterocycles. The minimum absolute atomic E-state index is 0.0356. The van der Waals surface area contributed by atoms with E-state index in [1.165, 1.54) is 12.1 Å². The third-order valence-electron chi connectivity index (χ3n) is 6.50. The number of likely N-dealkylation sites (tertiary alicyclic amines) is 1. The SMILES string of the molecule is CC(CCO)n1c(C(F)(F)F)nc2cc(NC(=O)C3CCN(C)CC3c3cnn(C)c3)ccc21. The minimum atomic E-state index is -4.64. The summed E-state index contributed by atoms with van der Waals surface area (Å²) in [7, 11) is 3.84. The number of rotatable bonds is 6. The molecule has 1 saturated heterocycles. The number of amides is 1. The number of aryl methyl sites for hydroxylation is 1. The van der Waals surface area contributed by atoms with E-state index in [-0.39, 0.29) is 36.3 Å². The maximum atomic E-state index is 13.7. The van der Waals surface area contributed by atoms with Crippen LogP contribution in [0.1, 0.15) is 43.1 Å². The number of piperidine rings is 1. The maximum absolute atomic E-state index is 13.7. The normalized spacial score (nSPS) is 20.6. The Kier molecular flexibility index (Phi) is 6.68. The van der Waals surface area contributed by atoms with E-state index in [4.69, 9.17) is 0 Å². The number of likely N-dealkylation sites (N-methyl/N-ethyl adjacent to an activating group) is 1. The molecule has 1 fully saturated rings. The van der Waals surface area contributed by atoms with Crippen LogP contribution in [0.2, 0.25) is 0 Å². The fraction of sp³-hybridized carbons (Fsp3) is 0.522. The zero-order valence-electron chi connectivity index (χ0n) is 19.4. The number of nitrogens with zero attached hydrogens (tertiary/aromatic N) is 5. The van der Waals surface area contributed by atoms with E-state index in [0.29, 0.717) is 24.2 Å². The van der Waals surface area contributed by atoms with Crippen molar-refractivity contribution in [3.8, 4) is 0 Å². The molecule has 3 aromatic rings. The summed E-state index contributed by atoms with van der Waals surface area (Å²) >= 11 is 0. The van der Waals surface area contributed by atoms with Gasteiger partial charge in [-0.15, -0.1) is 0 Å². The molecule has 0 spiro atoms. The largest absolute Gasteiger partial charge is 0.449 e. The molecule has 34 heavy (non-hydrogen) atoms. The van der Waals surface area contributed by atoms with Crippen LogP contribution < -0.4 is 5.32 Å². The first-order valence-corrected chi connectivity index (χ1v) is 11.3. The van der Waals surface area contributed by atoms with Gasteiger partial charge in [0, 0.05) is 50.0 Å². The number of carbonyl (C=O) groups is 1. The number of benzene rings is 1. The lowest BCUT2D eigenvalue weighted by Crippen LogP contribution is -2.41. The van der Waals surface area contributed by atoms with Gasteiger partial charge in [0.15, 0.2) is 0 Å². The molecule has 1 aromatic carbocycles. The van der Waals surface area contributed by atoms with Gasteiger partial charge in [0.25, 0.3) is 0 Å². The lowest BCUT2D eigenvalue weighted by Gasteiger charge is -2.35. The number of hydrogen-bond donors (Lipinski definition) is 2. The molecule has 1 aliphatic rings. The van der Waals surface area contributed by atoms with Gasteiger partial charge in [-0.25, -0.2) is 4.98 Å². The number of carbonyl (C=O) groups excluding carboxylic acids is 1. The molecule has 0 saturated carbocycles. The molecule has 0 aliphatic carbocycles. The molecule has 0 bridgehead atoms. The Bertz CT molecular complexity index is 1170. The predicted molar refractivity (Wildman–Crippen MR) is 121 cm³/mol. The minimum Gasteiger partial charge on any atom is -0.396 e. The van der Waals surface area contributed by atoms with Gasteiger partial charge >= 0.3 is 6.18 Å². The average molecular weight is 479 g/mol.